The van der Waals surface area contributed by atoms with Crippen molar-refractivity contribution in [3.05, 3.63) is 90.0 Å². The van der Waals surface area contributed by atoms with E-state index in [2.05, 4.69) is 22.1 Å². The monoisotopic (exact) mass is 606 g/mol. The summed E-state index contributed by atoms with van der Waals surface area (Å²) < 4.78 is 80.7. The Morgan fingerprint density at radius 3 is 1.98 bits per heavy atom. The fraction of sp³-hybridized carbons (Fsp3) is 0.267. The van der Waals surface area contributed by atoms with E-state index in [1.165, 1.54) is 11.8 Å². The largest absolute Gasteiger partial charge is 0.416 e. The summed E-state index contributed by atoms with van der Waals surface area (Å²) >= 11 is 1.51. The van der Waals surface area contributed by atoms with E-state index in [1.807, 2.05) is 60.7 Å². The third kappa shape index (κ3) is 7.87. The second kappa shape index (κ2) is 13.4. The van der Waals surface area contributed by atoms with Crippen molar-refractivity contribution in [2.45, 2.75) is 43.8 Å². The highest BCUT2D eigenvalue weighted by Crippen LogP contribution is 2.38. The first kappa shape index (κ1) is 31.0. The van der Waals surface area contributed by atoms with Crippen LogP contribution in [0.4, 0.5) is 36.8 Å². The molecule has 1 heterocycles. The Morgan fingerprint density at radius 2 is 1.43 bits per heavy atom. The van der Waals surface area contributed by atoms with Crippen LogP contribution in [0.2, 0.25) is 0 Å². The molecule has 4 aromatic rings. The zero-order valence-electron chi connectivity index (χ0n) is 22.5. The molecule has 0 radical (unpaired) electrons. The highest BCUT2D eigenvalue weighted by molar-refractivity contribution is 7.99. The van der Waals surface area contributed by atoms with E-state index in [0.29, 0.717) is 24.3 Å². The molecule has 1 aromatic heterocycles. The minimum Gasteiger partial charge on any atom is -0.338 e. The molecule has 0 unspecified atom stereocenters. The molecule has 0 aliphatic heterocycles. The van der Waals surface area contributed by atoms with Gasteiger partial charge in [0, 0.05) is 35.7 Å². The summed E-state index contributed by atoms with van der Waals surface area (Å²) in [6.07, 6.45) is -8.65. The van der Waals surface area contributed by atoms with E-state index in [1.54, 1.807) is 0 Å². The lowest BCUT2D eigenvalue weighted by molar-refractivity contribution is -0.143. The van der Waals surface area contributed by atoms with Crippen LogP contribution in [0.25, 0.3) is 22.5 Å². The minimum atomic E-state index is -5.00. The number of nitrogens with one attached hydrogen (secondary N) is 2. The number of aromatic nitrogens is 2. The lowest BCUT2D eigenvalue weighted by Crippen LogP contribution is -2.30. The van der Waals surface area contributed by atoms with Gasteiger partial charge in [-0.15, -0.1) is 0 Å². The van der Waals surface area contributed by atoms with Gasteiger partial charge in [0.05, 0.1) is 22.5 Å². The topological polar surface area (TPSA) is 59.0 Å². The van der Waals surface area contributed by atoms with Crippen LogP contribution in [0.15, 0.2) is 84.0 Å². The van der Waals surface area contributed by atoms with Gasteiger partial charge >= 0.3 is 18.4 Å². The molecule has 3 aromatic carbocycles. The third-order valence-corrected chi connectivity index (χ3v) is 7.22. The number of urea groups is 1. The van der Waals surface area contributed by atoms with Gasteiger partial charge in [-0.25, -0.2) is 9.78 Å². The van der Waals surface area contributed by atoms with E-state index < -0.39 is 35.2 Å². The second-order valence-corrected chi connectivity index (χ2v) is 10.4. The zero-order chi connectivity index (χ0) is 30.3. The average Bonchev–Trinajstić information content (AvgIpc) is 3.31. The van der Waals surface area contributed by atoms with Crippen molar-refractivity contribution in [1.29, 1.82) is 0 Å². The molecular weight excluding hydrogens is 578 g/mol. The first-order chi connectivity index (χ1) is 20.0. The number of halogens is 6. The van der Waals surface area contributed by atoms with Crippen LogP contribution in [-0.2, 0) is 18.9 Å². The average molecular weight is 607 g/mol. The Balaban J connectivity index is 1.42. The molecule has 12 heteroatoms. The van der Waals surface area contributed by atoms with Crippen LogP contribution in [0.5, 0.6) is 0 Å². The maximum Gasteiger partial charge on any atom is 0.416 e. The second-order valence-electron chi connectivity index (χ2n) is 9.35. The first-order valence-electron chi connectivity index (χ1n) is 13.2. The van der Waals surface area contributed by atoms with Crippen LogP contribution in [-0.4, -0.2) is 27.9 Å². The number of carbonyl (C=O) groups is 1. The van der Waals surface area contributed by atoms with Gasteiger partial charge in [0.2, 0.25) is 0 Å². The molecule has 0 fully saturated rings. The Labute approximate surface area is 243 Å². The van der Waals surface area contributed by atoms with Gasteiger partial charge in [-0.2, -0.15) is 26.3 Å². The van der Waals surface area contributed by atoms with Crippen molar-refractivity contribution >= 4 is 23.5 Å². The minimum absolute atomic E-state index is 0.00908. The van der Waals surface area contributed by atoms with Crippen LogP contribution in [0, 0.1) is 0 Å². The van der Waals surface area contributed by atoms with Gasteiger partial charge in [0.25, 0.3) is 0 Å². The van der Waals surface area contributed by atoms with E-state index in [0.717, 1.165) is 40.6 Å². The fourth-order valence-corrected chi connectivity index (χ4v) is 5.26. The highest BCUT2D eigenvalue weighted by Gasteiger charge is 2.37. The molecule has 0 aliphatic carbocycles. The van der Waals surface area contributed by atoms with Crippen LogP contribution >= 0.6 is 11.8 Å². The molecule has 0 aliphatic rings. The van der Waals surface area contributed by atoms with Crippen molar-refractivity contribution in [3.8, 4) is 22.5 Å². The van der Waals surface area contributed by atoms with E-state index in [4.69, 9.17) is 4.98 Å². The van der Waals surface area contributed by atoms with Crippen molar-refractivity contribution in [2.75, 3.05) is 17.6 Å². The molecule has 222 valence electrons. The molecular formula is C30H28F6N4OS. The Hall–Kier alpha value is -3.93. The summed E-state index contributed by atoms with van der Waals surface area (Å²) in [6, 6.07) is 19.9. The Morgan fingerprint density at radius 1 is 0.857 bits per heavy atom. The van der Waals surface area contributed by atoms with Crippen LogP contribution in [0.1, 0.15) is 30.9 Å². The van der Waals surface area contributed by atoms with Crippen molar-refractivity contribution in [3.63, 3.8) is 0 Å². The standard InChI is InChI=1S/C30H28F6N4OS/c1-2-15-40-26(21-12-7-4-8-13-21)25(20-10-5-3-6-11-20)39-28(40)42-16-9-14-37-27(41)38-24-18-22(29(31,32)33)17-23(19-24)30(34,35)36/h3-8,10-13,17-19H,2,9,14-16H2,1H3,(H2,37,38,41). The summed E-state index contributed by atoms with van der Waals surface area (Å²) in [4.78, 5) is 17.2. The number of benzene rings is 3. The summed E-state index contributed by atoms with van der Waals surface area (Å²) in [5.41, 5.74) is 0.262. The fourth-order valence-electron chi connectivity index (χ4n) is 4.30. The van der Waals surface area contributed by atoms with Gasteiger partial charge in [0.15, 0.2) is 5.16 Å². The van der Waals surface area contributed by atoms with Crippen LogP contribution in [0.3, 0.4) is 0 Å². The maximum absolute atomic E-state index is 13.1. The molecule has 0 spiro atoms. The van der Waals surface area contributed by atoms with Gasteiger partial charge in [-0.1, -0.05) is 79.3 Å². The van der Waals surface area contributed by atoms with Gasteiger partial charge in [-0.3, -0.25) is 0 Å². The SMILES string of the molecule is CCCn1c(SCCCNC(=O)Nc2cc(C(F)(F)F)cc(C(F)(F)F)c2)nc(-c2ccccc2)c1-c1ccccc1. The van der Waals surface area contributed by atoms with Crippen molar-refractivity contribution < 1.29 is 31.1 Å². The molecule has 42 heavy (non-hydrogen) atoms. The first-order valence-corrected chi connectivity index (χ1v) is 14.1. The number of imidazole rings is 1. The smallest absolute Gasteiger partial charge is 0.338 e. The van der Waals surface area contributed by atoms with Gasteiger partial charge in [0.1, 0.15) is 0 Å². The zero-order valence-corrected chi connectivity index (χ0v) is 23.3. The lowest BCUT2D eigenvalue weighted by atomic mass is 10.0. The molecule has 2 N–H and O–H groups in total. The quantitative estimate of drug-likeness (QED) is 0.108. The molecule has 0 saturated heterocycles. The number of amides is 2. The number of alkyl halides is 6. The summed E-state index contributed by atoms with van der Waals surface area (Å²) in [5, 5.41) is 5.37. The number of anilines is 1. The third-order valence-electron chi connectivity index (χ3n) is 6.16. The van der Waals surface area contributed by atoms with Gasteiger partial charge < -0.3 is 15.2 Å². The number of hydrogen-bond acceptors (Lipinski definition) is 3. The molecule has 0 atom stereocenters. The molecule has 0 bridgehead atoms. The van der Waals surface area contributed by atoms with Gasteiger partial charge in [-0.05, 0) is 31.0 Å². The lowest BCUT2D eigenvalue weighted by Gasteiger charge is -2.15. The maximum atomic E-state index is 13.1. The Kier molecular flexibility index (Phi) is 9.87. The van der Waals surface area contributed by atoms with E-state index >= 15 is 0 Å². The summed E-state index contributed by atoms with van der Waals surface area (Å²) in [6.45, 7) is 2.97. The summed E-state index contributed by atoms with van der Waals surface area (Å²) in [7, 11) is 0. The molecule has 2 amide bonds. The van der Waals surface area contributed by atoms with Crippen molar-refractivity contribution in [2.24, 2.45) is 0 Å². The molecule has 5 nitrogen and oxygen atoms in total. The van der Waals surface area contributed by atoms with Crippen LogP contribution < -0.4 is 10.6 Å². The summed E-state index contributed by atoms with van der Waals surface area (Å²) in [5.74, 6) is 0.561. The Bertz CT molecular complexity index is 1460. The highest BCUT2D eigenvalue weighted by atomic mass is 32.2. The van der Waals surface area contributed by atoms with E-state index in [-0.39, 0.29) is 12.6 Å². The number of nitrogens with zero attached hydrogens (tertiary/aromatic N) is 2. The number of thioether (sulfide) groups is 1. The number of hydrogen-bond donors (Lipinski definition) is 2. The number of rotatable bonds is 10. The molecule has 4 rings (SSSR count). The predicted molar refractivity (Wildman–Crippen MR) is 152 cm³/mol. The predicted octanol–water partition coefficient (Wildman–Crippen LogP) is 8.97. The van der Waals surface area contributed by atoms with Crippen molar-refractivity contribution in [1.82, 2.24) is 14.9 Å². The normalized spacial score (nSPS) is 11.9. The van der Waals surface area contributed by atoms with E-state index in [9.17, 15) is 31.1 Å². The molecule has 0 saturated carbocycles. The number of carbonyl (C=O) groups excluding carboxylic acids is 1.